The molecule has 124 valence electrons. The molecule has 0 amide bonds. The highest BCUT2D eigenvalue weighted by atomic mass is 32.2. The molecule has 6 heteroatoms. The van der Waals surface area contributed by atoms with Crippen molar-refractivity contribution in [2.24, 2.45) is 0 Å². The van der Waals surface area contributed by atoms with Gasteiger partial charge >= 0.3 is 0 Å². The second kappa shape index (κ2) is 6.93. The number of nitrogens with zero attached hydrogens (tertiary/aromatic N) is 1. The van der Waals surface area contributed by atoms with E-state index >= 15 is 0 Å². The fourth-order valence-electron chi connectivity index (χ4n) is 3.11. The molecule has 0 aliphatic carbocycles. The Morgan fingerprint density at radius 2 is 2.00 bits per heavy atom. The molecular weight excluding hydrogens is 328 g/mol. The molecule has 23 heavy (non-hydrogen) atoms. The van der Waals surface area contributed by atoms with Gasteiger partial charge in [-0.15, -0.1) is 11.3 Å². The molecule has 1 N–H and O–H groups in total. The third-order valence-corrected chi connectivity index (χ3v) is 7.09. The summed E-state index contributed by atoms with van der Waals surface area (Å²) in [4.78, 5) is 2.45. The van der Waals surface area contributed by atoms with Crippen LogP contribution >= 0.6 is 11.3 Å². The third kappa shape index (κ3) is 3.70. The molecule has 0 radical (unpaired) electrons. The molecule has 0 saturated carbocycles. The van der Waals surface area contributed by atoms with Gasteiger partial charge in [-0.2, -0.15) is 0 Å². The number of nitrogens with one attached hydrogen (secondary N) is 1. The second-order valence-electron chi connectivity index (χ2n) is 5.84. The lowest BCUT2D eigenvalue weighted by Gasteiger charge is -2.37. The predicted octanol–water partition coefficient (Wildman–Crippen LogP) is 4.32. The summed E-state index contributed by atoms with van der Waals surface area (Å²) in [7, 11) is -3.47. The number of thiophene rings is 1. The summed E-state index contributed by atoms with van der Waals surface area (Å²) >= 11 is 1.22. The topological polar surface area (TPSA) is 49.4 Å². The van der Waals surface area contributed by atoms with E-state index in [9.17, 15) is 8.42 Å². The van der Waals surface area contributed by atoms with Gasteiger partial charge in [0.2, 0.25) is 0 Å². The van der Waals surface area contributed by atoms with E-state index in [1.54, 1.807) is 17.5 Å². The standard InChI is InChI=1S/C17H22N2O2S2/c1-2-15-6-3-4-12-19(15)16-10-8-14(9-11-16)18-23(20,21)17-7-5-13-22-17/h5,7-11,13,15,18H,2-4,6,12H2,1H3. The van der Waals surface area contributed by atoms with Crippen molar-refractivity contribution in [2.75, 3.05) is 16.2 Å². The van der Waals surface area contributed by atoms with E-state index in [1.165, 1.54) is 36.3 Å². The molecule has 4 nitrogen and oxygen atoms in total. The van der Waals surface area contributed by atoms with Gasteiger partial charge in [0.05, 0.1) is 0 Å². The van der Waals surface area contributed by atoms with E-state index in [2.05, 4.69) is 16.5 Å². The van der Waals surface area contributed by atoms with Gasteiger partial charge in [0, 0.05) is 24.0 Å². The minimum atomic E-state index is -3.47. The van der Waals surface area contributed by atoms with Crippen molar-refractivity contribution in [3.05, 3.63) is 41.8 Å². The van der Waals surface area contributed by atoms with Crippen molar-refractivity contribution in [3.8, 4) is 0 Å². The largest absolute Gasteiger partial charge is 0.369 e. The van der Waals surface area contributed by atoms with Gasteiger partial charge in [0.25, 0.3) is 10.0 Å². The zero-order valence-corrected chi connectivity index (χ0v) is 14.9. The Morgan fingerprint density at radius 1 is 1.22 bits per heavy atom. The molecule has 0 spiro atoms. The second-order valence-corrected chi connectivity index (χ2v) is 8.69. The number of anilines is 2. The summed E-state index contributed by atoms with van der Waals surface area (Å²) in [6.45, 7) is 3.31. The van der Waals surface area contributed by atoms with E-state index < -0.39 is 10.0 Å². The van der Waals surface area contributed by atoms with Crippen molar-refractivity contribution in [2.45, 2.75) is 42.9 Å². The van der Waals surface area contributed by atoms with E-state index in [4.69, 9.17) is 0 Å². The quantitative estimate of drug-likeness (QED) is 0.874. The Bertz CT molecular complexity index is 724. The maximum absolute atomic E-state index is 12.2. The van der Waals surface area contributed by atoms with Crippen molar-refractivity contribution < 1.29 is 8.42 Å². The van der Waals surface area contributed by atoms with Gasteiger partial charge in [0.1, 0.15) is 4.21 Å². The van der Waals surface area contributed by atoms with Crippen molar-refractivity contribution in [1.29, 1.82) is 0 Å². The minimum absolute atomic E-state index is 0.337. The first-order valence-electron chi connectivity index (χ1n) is 8.03. The number of rotatable bonds is 5. The Kier molecular flexibility index (Phi) is 4.92. The maximum atomic E-state index is 12.2. The minimum Gasteiger partial charge on any atom is -0.369 e. The fraction of sp³-hybridized carbons (Fsp3) is 0.412. The number of benzene rings is 1. The molecule has 1 saturated heterocycles. The van der Waals surface area contributed by atoms with E-state index in [0.717, 1.165) is 13.0 Å². The van der Waals surface area contributed by atoms with Crippen LogP contribution in [-0.4, -0.2) is 21.0 Å². The van der Waals surface area contributed by atoms with Crippen LogP contribution in [0.4, 0.5) is 11.4 Å². The smallest absolute Gasteiger partial charge is 0.271 e. The van der Waals surface area contributed by atoms with Gasteiger partial charge in [-0.1, -0.05) is 13.0 Å². The van der Waals surface area contributed by atoms with Gasteiger partial charge < -0.3 is 4.90 Å². The first-order valence-corrected chi connectivity index (χ1v) is 10.4. The lowest BCUT2D eigenvalue weighted by atomic mass is 9.99. The summed E-state index contributed by atoms with van der Waals surface area (Å²) in [5, 5.41) is 1.76. The van der Waals surface area contributed by atoms with Crippen molar-refractivity contribution in [3.63, 3.8) is 0 Å². The summed E-state index contributed by atoms with van der Waals surface area (Å²) in [6.07, 6.45) is 4.91. The Hall–Kier alpha value is -1.53. The molecule has 1 fully saturated rings. The Labute approximate surface area is 142 Å². The fourth-order valence-corrected chi connectivity index (χ4v) is 5.16. The average Bonchev–Trinajstić information content (AvgIpc) is 3.11. The maximum Gasteiger partial charge on any atom is 0.271 e. The molecule has 0 bridgehead atoms. The van der Waals surface area contributed by atoms with Crippen LogP contribution in [0.5, 0.6) is 0 Å². The zero-order chi connectivity index (χ0) is 16.3. The molecule has 1 aromatic heterocycles. The summed E-state index contributed by atoms with van der Waals surface area (Å²) in [6, 6.07) is 11.7. The van der Waals surface area contributed by atoms with Gasteiger partial charge in [-0.25, -0.2) is 8.42 Å². The van der Waals surface area contributed by atoms with Crippen LogP contribution in [0.25, 0.3) is 0 Å². The normalized spacial score (nSPS) is 18.8. The highest BCUT2D eigenvalue weighted by molar-refractivity contribution is 7.94. The van der Waals surface area contributed by atoms with Crippen LogP contribution in [-0.2, 0) is 10.0 Å². The van der Waals surface area contributed by atoms with E-state index in [1.807, 2.05) is 24.3 Å². The first-order chi connectivity index (χ1) is 11.1. The number of hydrogen-bond donors (Lipinski definition) is 1. The van der Waals surface area contributed by atoms with Crippen LogP contribution in [0, 0.1) is 0 Å². The average molecular weight is 351 g/mol. The summed E-state index contributed by atoms with van der Waals surface area (Å²) in [5.41, 5.74) is 1.78. The Morgan fingerprint density at radius 3 is 2.65 bits per heavy atom. The SMILES string of the molecule is CCC1CCCCN1c1ccc(NS(=O)(=O)c2cccs2)cc1. The monoisotopic (exact) mass is 350 g/mol. The van der Waals surface area contributed by atoms with Gasteiger partial charge in [-0.05, 0) is 61.4 Å². The summed E-state index contributed by atoms with van der Waals surface area (Å²) < 4.78 is 27.4. The van der Waals surface area contributed by atoms with Crippen LogP contribution in [0.2, 0.25) is 0 Å². The van der Waals surface area contributed by atoms with E-state index in [-0.39, 0.29) is 0 Å². The number of sulfonamides is 1. The van der Waals surface area contributed by atoms with Crippen LogP contribution < -0.4 is 9.62 Å². The first kappa shape index (κ1) is 16.3. The molecule has 1 aromatic carbocycles. The van der Waals surface area contributed by atoms with Crippen LogP contribution in [0.1, 0.15) is 32.6 Å². The molecule has 2 aromatic rings. The molecular formula is C17H22N2O2S2. The zero-order valence-electron chi connectivity index (χ0n) is 13.2. The highest BCUT2D eigenvalue weighted by Crippen LogP contribution is 2.28. The molecule has 1 atom stereocenters. The lowest BCUT2D eigenvalue weighted by molar-refractivity contribution is 0.450. The van der Waals surface area contributed by atoms with Crippen LogP contribution in [0.3, 0.4) is 0 Å². The molecule has 1 unspecified atom stereocenters. The van der Waals surface area contributed by atoms with Gasteiger partial charge in [-0.3, -0.25) is 4.72 Å². The predicted molar refractivity (Wildman–Crippen MR) is 96.8 cm³/mol. The highest BCUT2D eigenvalue weighted by Gasteiger charge is 2.21. The van der Waals surface area contributed by atoms with Gasteiger partial charge in [0.15, 0.2) is 0 Å². The summed E-state index contributed by atoms with van der Waals surface area (Å²) in [5.74, 6) is 0. The molecule has 1 aliphatic rings. The molecule has 3 rings (SSSR count). The van der Waals surface area contributed by atoms with Crippen molar-refractivity contribution >= 4 is 32.7 Å². The van der Waals surface area contributed by atoms with E-state index in [0.29, 0.717) is 15.9 Å². The molecule has 1 aliphatic heterocycles. The van der Waals surface area contributed by atoms with Crippen molar-refractivity contribution in [1.82, 2.24) is 0 Å². The lowest BCUT2D eigenvalue weighted by Crippen LogP contribution is -2.39. The van der Waals surface area contributed by atoms with Crippen LogP contribution in [0.15, 0.2) is 46.0 Å². The molecule has 2 heterocycles. The Balaban J connectivity index is 1.74. The third-order valence-electron chi connectivity index (χ3n) is 4.31. The number of piperidine rings is 1. The number of hydrogen-bond acceptors (Lipinski definition) is 4.